The molecule has 0 aromatic heterocycles. The smallest absolute Gasteiger partial charge is 0.132 e. The highest BCUT2D eigenvalue weighted by atomic mass is 16.5. The molecule has 1 heterocycles. The molecule has 3 rings (SSSR count). The number of phenols is 2. The Balaban J connectivity index is 2.32. The number of fused-ring (bicyclic) bond motifs is 3. The third-order valence-corrected chi connectivity index (χ3v) is 3.55. The van der Waals surface area contributed by atoms with Gasteiger partial charge in [0.2, 0.25) is 0 Å². The standard InChI is InChI=1S/C16H16O4/c1-9-10(2)20-14-8-4-6-12(18)16(14)15-11(17)5-3-7-13(15)19-9/h3-10,17-18H,1-2H3/t9-,10-/m1/s1. The topological polar surface area (TPSA) is 58.9 Å². The second-order valence-electron chi connectivity index (χ2n) is 4.95. The fourth-order valence-electron chi connectivity index (χ4n) is 2.33. The van der Waals surface area contributed by atoms with Crippen LogP contribution in [0, 0.1) is 0 Å². The predicted molar refractivity (Wildman–Crippen MR) is 75.4 cm³/mol. The molecule has 0 spiro atoms. The molecule has 0 saturated carbocycles. The maximum Gasteiger partial charge on any atom is 0.132 e. The highest BCUT2D eigenvalue weighted by molar-refractivity contribution is 5.85. The minimum Gasteiger partial charge on any atom is -0.507 e. The van der Waals surface area contributed by atoms with Gasteiger partial charge in [0.15, 0.2) is 0 Å². The quantitative estimate of drug-likeness (QED) is 0.772. The number of benzene rings is 2. The minimum atomic E-state index is -0.175. The molecule has 2 atom stereocenters. The first kappa shape index (κ1) is 12.7. The van der Waals surface area contributed by atoms with Crippen LogP contribution in [0.5, 0.6) is 23.0 Å². The molecular formula is C16H16O4. The summed E-state index contributed by atoms with van der Waals surface area (Å²) >= 11 is 0. The van der Waals surface area contributed by atoms with Crippen LogP contribution in [0.1, 0.15) is 13.8 Å². The molecule has 4 nitrogen and oxygen atoms in total. The van der Waals surface area contributed by atoms with E-state index in [-0.39, 0.29) is 23.7 Å². The van der Waals surface area contributed by atoms with E-state index in [0.717, 1.165) is 0 Å². The summed E-state index contributed by atoms with van der Waals surface area (Å²) in [7, 11) is 0. The zero-order valence-electron chi connectivity index (χ0n) is 11.3. The van der Waals surface area contributed by atoms with Gasteiger partial charge in [0.25, 0.3) is 0 Å². The van der Waals surface area contributed by atoms with E-state index in [2.05, 4.69) is 0 Å². The molecule has 2 N–H and O–H groups in total. The number of phenolic OH excluding ortho intramolecular Hbond substituents is 2. The van der Waals surface area contributed by atoms with Gasteiger partial charge in [0.05, 0.1) is 11.1 Å². The first-order valence-electron chi connectivity index (χ1n) is 6.55. The molecule has 0 unspecified atom stereocenters. The maximum absolute atomic E-state index is 10.1. The number of rotatable bonds is 0. The summed E-state index contributed by atoms with van der Waals surface area (Å²) < 4.78 is 11.7. The Bertz CT molecular complexity index is 593. The van der Waals surface area contributed by atoms with Crippen LogP contribution in [0.4, 0.5) is 0 Å². The van der Waals surface area contributed by atoms with E-state index >= 15 is 0 Å². The maximum atomic E-state index is 10.1. The first-order chi connectivity index (χ1) is 9.58. The van der Waals surface area contributed by atoms with Crippen molar-refractivity contribution in [3.05, 3.63) is 36.4 Å². The molecular weight excluding hydrogens is 256 g/mol. The van der Waals surface area contributed by atoms with Crippen molar-refractivity contribution >= 4 is 0 Å². The van der Waals surface area contributed by atoms with Gasteiger partial charge in [-0.25, -0.2) is 0 Å². The van der Waals surface area contributed by atoms with Gasteiger partial charge in [-0.2, -0.15) is 0 Å². The lowest BCUT2D eigenvalue weighted by atomic mass is 10.00. The summed E-state index contributed by atoms with van der Waals surface area (Å²) in [5, 5.41) is 20.3. The fourth-order valence-corrected chi connectivity index (χ4v) is 2.33. The van der Waals surface area contributed by atoms with Gasteiger partial charge >= 0.3 is 0 Å². The SMILES string of the molecule is C[C@H]1Oc2cccc(O)c2-c2c(O)cccc2O[C@@H]1C. The lowest BCUT2D eigenvalue weighted by Gasteiger charge is -2.28. The monoisotopic (exact) mass is 272 g/mol. The molecule has 0 bridgehead atoms. The number of hydrogen-bond donors (Lipinski definition) is 2. The Labute approximate surface area is 117 Å². The third-order valence-electron chi connectivity index (χ3n) is 3.55. The van der Waals surface area contributed by atoms with Crippen LogP contribution in [0.15, 0.2) is 36.4 Å². The summed E-state index contributed by atoms with van der Waals surface area (Å²) in [5.74, 6) is 1.18. The summed E-state index contributed by atoms with van der Waals surface area (Å²) in [6, 6.07) is 10.1. The second-order valence-corrected chi connectivity index (χ2v) is 4.95. The van der Waals surface area contributed by atoms with Crippen molar-refractivity contribution in [2.24, 2.45) is 0 Å². The van der Waals surface area contributed by atoms with Crippen LogP contribution >= 0.6 is 0 Å². The summed E-state index contributed by atoms with van der Waals surface area (Å²) in [4.78, 5) is 0. The lowest BCUT2D eigenvalue weighted by molar-refractivity contribution is 0.0756. The summed E-state index contributed by atoms with van der Waals surface area (Å²) in [6.45, 7) is 3.82. The van der Waals surface area contributed by atoms with E-state index in [1.54, 1.807) is 36.4 Å². The molecule has 4 heteroatoms. The number of hydrogen-bond acceptors (Lipinski definition) is 4. The van der Waals surface area contributed by atoms with Crippen molar-refractivity contribution in [1.29, 1.82) is 0 Å². The van der Waals surface area contributed by atoms with Crippen LogP contribution in [0.3, 0.4) is 0 Å². The Morgan fingerprint density at radius 2 is 1.15 bits per heavy atom. The van der Waals surface area contributed by atoms with Gasteiger partial charge in [-0.05, 0) is 38.1 Å². The first-order valence-corrected chi connectivity index (χ1v) is 6.55. The van der Waals surface area contributed by atoms with Crippen LogP contribution < -0.4 is 9.47 Å². The Morgan fingerprint density at radius 1 is 0.750 bits per heavy atom. The molecule has 1 aliphatic rings. The highest BCUT2D eigenvalue weighted by Gasteiger charge is 2.27. The van der Waals surface area contributed by atoms with E-state index in [1.165, 1.54) is 0 Å². The second kappa shape index (κ2) is 4.63. The van der Waals surface area contributed by atoms with Gasteiger partial charge in [0, 0.05) is 0 Å². The van der Waals surface area contributed by atoms with Gasteiger partial charge in [-0.3, -0.25) is 0 Å². The van der Waals surface area contributed by atoms with Gasteiger partial charge < -0.3 is 19.7 Å². The molecule has 0 saturated heterocycles. The van der Waals surface area contributed by atoms with E-state index < -0.39 is 0 Å². The molecule has 0 aliphatic carbocycles. The van der Waals surface area contributed by atoms with E-state index in [9.17, 15) is 10.2 Å². The molecule has 1 aliphatic heterocycles. The zero-order valence-corrected chi connectivity index (χ0v) is 11.3. The average molecular weight is 272 g/mol. The molecule has 20 heavy (non-hydrogen) atoms. The van der Waals surface area contributed by atoms with E-state index in [0.29, 0.717) is 22.6 Å². The fraction of sp³-hybridized carbons (Fsp3) is 0.250. The van der Waals surface area contributed by atoms with Crippen LogP contribution in [-0.2, 0) is 0 Å². The third kappa shape index (κ3) is 1.93. The van der Waals surface area contributed by atoms with Crippen molar-refractivity contribution in [2.45, 2.75) is 26.1 Å². The highest BCUT2D eigenvalue weighted by Crippen LogP contribution is 2.48. The Morgan fingerprint density at radius 3 is 1.55 bits per heavy atom. The largest absolute Gasteiger partial charge is 0.507 e. The van der Waals surface area contributed by atoms with Gasteiger partial charge in [-0.15, -0.1) is 0 Å². The number of ether oxygens (including phenoxy) is 2. The summed E-state index contributed by atoms with van der Waals surface area (Å²) in [5.41, 5.74) is 0.915. The van der Waals surface area contributed by atoms with Crippen LogP contribution in [-0.4, -0.2) is 22.4 Å². The number of aromatic hydroxyl groups is 2. The predicted octanol–water partition coefficient (Wildman–Crippen LogP) is 3.31. The van der Waals surface area contributed by atoms with Crippen molar-refractivity contribution in [2.75, 3.05) is 0 Å². The van der Waals surface area contributed by atoms with E-state index in [1.807, 2.05) is 13.8 Å². The van der Waals surface area contributed by atoms with Crippen molar-refractivity contribution < 1.29 is 19.7 Å². The van der Waals surface area contributed by atoms with Crippen molar-refractivity contribution in [1.82, 2.24) is 0 Å². The van der Waals surface area contributed by atoms with Gasteiger partial charge in [0.1, 0.15) is 35.2 Å². The Kier molecular flexibility index (Phi) is 2.93. The van der Waals surface area contributed by atoms with Crippen LogP contribution in [0.25, 0.3) is 11.1 Å². The van der Waals surface area contributed by atoms with E-state index in [4.69, 9.17) is 9.47 Å². The Hall–Kier alpha value is -2.36. The average Bonchev–Trinajstić information content (AvgIpc) is 2.39. The zero-order chi connectivity index (χ0) is 14.3. The van der Waals surface area contributed by atoms with Crippen molar-refractivity contribution in [3.8, 4) is 34.1 Å². The van der Waals surface area contributed by atoms with Gasteiger partial charge in [-0.1, -0.05) is 12.1 Å². The molecule has 0 amide bonds. The van der Waals surface area contributed by atoms with Crippen molar-refractivity contribution in [3.63, 3.8) is 0 Å². The molecule has 2 aromatic carbocycles. The summed E-state index contributed by atoms with van der Waals surface area (Å²) in [6.07, 6.45) is -0.350. The molecule has 104 valence electrons. The molecule has 2 aromatic rings. The minimum absolute atomic E-state index is 0.0515. The molecule has 0 fully saturated rings. The molecule has 0 radical (unpaired) electrons. The van der Waals surface area contributed by atoms with Crippen LogP contribution in [0.2, 0.25) is 0 Å². The lowest BCUT2D eigenvalue weighted by Crippen LogP contribution is -2.32. The normalized spacial score (nSPS) is 20.7.